The van der Waals surface area contributed by atoms with Crippen LogP contribution in [0.15, 0.2) is 18.2 Å². The molecular formula is C15H19ClFNO3. The molecule has 1 fully saturated rings. The van der Waals surface area contributed by atoms with Crippen molar-refractivity contribution in [3.8, 4) is 0 Å². The van der Waals surface area contributed by atoms with E-state index in [4.69, 9.17) is 16.3 Å². The van der Waals surface area contributed by atoms with Crippen LogP contribution < -0.4 is 0 Å². The predicted molar refractivity (Wildman–Crippen MR) is 77.9 cm³/mol. The first-order chi connectivity index (χ1) is 9.58. The van der Waals surface area contributed by atoms with E-state index in [1.807, 2.05) is 0 Å². The average molecular weight is 316 g/mol. The van der Waals surface area contributed by atoms with Gasteiger partial charge in [0.1, 0.15) is 17.0 Å². The van der Waals surface area contributed by atoms with Crippen LogP contribution in [0.1, 0.15) is 26.3 Å². The van der Waals surface area contributed by atoms with Gasteiger partial charge in [-0.25, -0.2) is 9.18 Å². The summed E-state index contributed by atoms with van der Waals surface area (Å²) in [5, 5.41) is 10.4. The molecule has 2 rings (SSSR count). The first kappa shape index (κ1) is 16.0. The third-order valence-electron chi connectivity index (χ3n) is 3.14. The van der Waals surface area contributed by atoms with E-state index in [1.54, 1.807) is 26.8 Å². The van der Waals surface area contributed by atoms with Crippen molar-refractivity contribution >= 4 is 17.7 Å². The van der Waals surface area contributed by atoms with Gasteiger partial charge >= 0.3 is 6.09 Å². The number of hydrogen-bond donors (Lipinski definition) is 1. The van der Waals surface area contributed by atoms with Crippen molar-refractivity contribution in [2.24, 2.45) is 0 Å². The Labute approximate surface area is 128 Å². The van der Waals surface area contributed by atoms with E-state index < -0.39 is 23.1 Å². The summed E-state index contributed by atoms with van der Waals surface area (Å²) < 4.78 is 18.6. The summed E-state index contributed by atoms with van der Waals surface area (Å²) in [7, 11) is 0. The Hall–Kier alpha value is -1.33. The summed E-state index contributed by atoms with van der Waals surface area (Å²) in [6, 6.07) is 4.43. The van der Waals surface area contributed by atoms with E-state index in [1.165, 1.54) is 17.0 Å². The molecular weight excluding hydrogens is 297 g/mol. The van der Waals surface area contributed by atoms with Gasteiger partial charge in [-0.1, -0.05) is 17.7 Å². The lowest BCUT2D eigenvalue weighted by molar-refractivity contribution is -0.0973. The monoisotopic (exact) mass is 315 g/mol. The molecule has 1 aromatic rings. The Bertz CT molecular complexity index is 550. The average Bonchev–Trinajstić information content (AvgIpc) is 2.28. The molecule has 0 saturated carbocycles. The van der Waals surface area contributed by atoms with Crippen molar-refractivity contribution in [1.29, 1.82) is 0 Å². The zero-order valence-electron chi connectivity index (χ0n) is 12.3. The molecule has 1 aromatic carbocycles. The molecule has 1 amide bonds. The molecule has 0 unspecified atom stereocenters. The second kappa shape index (κ2) is 5.46. The van der Waals surface area contributed by atoms with Crippen molar-refractivity contribution in [3.05, 3.63) is 34.6 Å². The molecule has 4 nitrogen and oxygen atoms in total. The number of aliphatic hydroxyl groups is 1. The van der Waals surface area contributed by atoms with Crippen molar-refractivity contribution < 1.29 is 19.0 Å². The van der Waals surface area contributed by atoms with Gasteiger partial charge in [-0.15, -0.1) is 0 Å². The zero-order valence-corrected chi connectivity index (χ0v) is 13.1. The number of rotatable bonds is 2. The zero-order chi connectivity index (χ0) is 15.8. The highest BCUT2D eigenvalue weighted by Gasteiger charge is 2.45. The van der Waals surface area contributed by atoms with Gasteiger partial charge in [0.05, 0.1) is 18.1 Å². The van der Waals surface area contributed by atoms with E-state index in [0.717, 1.165) is 0 Å². The first-order valence-electron chi connectivity index (χ1n) is 6.72. The van der Waals surface area contributed by atoms with Crippen LogP contribution in [-0.4, -0.2) is 40.4 Å². The van der Waals surface area contributed by atoms with Crippen LogP contribution in [0.4, 0.5) is 9.18 Å². The van der Waals surface area contributed by atoms with E-state index >= 15 is 0 Å². The van der Waals surface area contributed by atoms with Crippen molar-refractivity contribution in [1.82, 2.24) is 4.90 Å². The number of amides is 1. The summed E-state index contributed by atoms with van der Waals surface area (Å²) in [4.78, 5) is 13.2. The fourth-order valence-corrected chi connectivity index (χ4v) is 2.38. The maximum atomic E-state index is 13.4. The van der Waals surface area contributed by atoms with E-state index in [-0.39, 0.29) is 24.5 Å². The third kappa shape index (κ3) is 4.08. The third-order valence-corrected chi connectivity index (χ3v) is 3.45. The quantitative estimate of drug-likeness (QED) is 0.912. The van der Waals surface area contributed by atoms with Gasteiger partial charge in [0.15, 0.2) is 0 Å². The summed E-state index contributed by atoms with van der Waals surface area (Å²) in [6.07, 6.45) is -0.185. The Balaban J connectivity index is 1.92. The molecule has 1 aliphatic heterocycles. The first-order valence-corrected chi connectivity index (χ1v) is 7.10. The van der Waals surface area contributed by atoms with Crippen LogP contribution >= 0.6 is 11.6 Å². The molecule has 116 valence electrons. The lowest BCUT2D eigenvalue weighted by Crippen LogP contribution is -2.65. The molecule has 1 heterocycles. The molecule has 6 heteroatoms. The normalized spacial score (nSPS) is 17.3. The van der Waals surface area contributed by atoms with Crippen molar-refractivity contribution in [2.75, 3.05) is 13.1 Å². The van der Waals surface area contributed by atoms with Crippen LogP contribution in [0.3, 0.4) is 0 Å². The molecule has 21 heavy (non-hydrogen) atoms. The summed E-state index contributed by atoms with van der Waals surface area (Å²) in [6.45, 7) is 5.70. The second-order valence-corrected chi connectivity index (χ2v) is 6.89. The number of β-amino-alcohol motifs (C(OH)–C–C–N with tert-alkyl or cyclic N) is 1. The maximum absolute atomic E-state index is 13.4. The molecule has 0 aliphatic carbocycles. The van der Waals surface area contributed by atoms with Gasteiger partial charge in [-0.05, 0) is 38.5 Å². The second-order valence-electron chi connectivity index (χ2n) is 6.49. The molecule has 0 spiro atoms. The maximum Gasteiger partial charge on any atom is 0.410 e. The number of nitrogens with zero attached hydrogens (tertiary/aromatic N) is 1. The topological polar surface area (TPSA) is 49.8 Å². The highest BCUT2D eigenvalue weighted by molar-refractivity contribution is 6.30. The number of carbonyl (C=O) groups is 1. The Kier molecular flexibility index (Phi) is 4.17. The van der Waals surface area contributed by atoms with Gasteiger partial charge in [-0.2, -0.15) is 0 Å². The number of carbonyl (C=O) groups excluding carboxylic acids is 1. The van der Waals surface area contributed by atoms with Gasteiger partial charge in [0.25, 0.3) is 0 Å². The minimum absolute atomic E-state index is 0.0507. The van der Waals surface area contributed by atoms with Crippen molar-refractivity contribution in [3.63, 3.8) is 0 Å². The molecule has 0 radical (unpaired) electrons. The standard InChI is InChI=1S/C15H19ClFNO3/c1-14(2,3)21-13(19)18-8-15(20,9-18)7-10-4-5-11(16)12(17)6-10/h4-6,20H,7-9H2,1-3H3. The van der Waals surface area contributed by atoms with E-state index in [0.29, 0.717) is 5.56 Å². The number of ether oxygens (including phenoxy) is 1. The minimum atomic E-state index is -1.04. The highest BCUT2D eigenvalue weighted by atomic mass is 35.5. The van der Waals surface area contributed by atoms with Crippen molar-refractivity contribution in [2.45, 2.75) is 38.4 Å². The fourth-order valence-electron chi connectivity index (χ4n) is 2.26. The molecule has 1 saturated heterocycles. The Morgan fingerprint density at radius 2 is 2.10 bits per heavy atom. The van der Waals surface area contributed by atoms with Gasteiger partial charge in [0.2, 0.25) is 0 Å². The summed E-state index contributed by atoms with van der Waals surface area (Å²) in [5.74, 6) is -0.513. The molecule has 0 atom stereocenters. The number of benzene rings is 1. The summed E-state index contributed by atoms with van der Waals surface area (Å²) >= 11 is 5.62. The number of hydrogen-bond acceptors (Lipinski definition) is 3. The van der Waals surface area contributed by atoms with Crippen LogP contribution in [0, 0.1) is 5.82 Å². The van der Waals surface area contributed by atoms with Gasteiger partial charge < -0.3 is 14.7 Å². The molecule has 0 bridgehead atoms. The lowest BCUT2D eigenvalue weighted by atomic mass is 9.87. The van der Waals surface area contributed by atoms with Gasteiger partial charge in [0, 0.05) is 6.42 Å². The van der Waals surface area contributed by atoms with E-state index in [9.17, 15) is 14.3 Å². The molecule has 1 aliphatic rings. The Morgan fingerprint density at radius 3 is 2.62 bits per heavy atom. The smallest absolute Gasteiger partial charge is 0.410 e. The Morgan fingerprint density at radius 1 is 1.48 bits per heavy atom. The fraction of sp³-hybridized carbons (Fsp3) is 0.533. The minimum Gasteiger partial charge on any atom is -0.444 e. The van der Waals surface area contributed by atoms with Crippen LogP contribution in [0.5, 0.6) is 0 Å². The summed E-state index contributed by atoms with van der Waals surface area (Å²) in [5.41, 5.74) is -0.968. The van der Waals surface area contributed by atoms with Crippen LogP contribution in [0.25, 0.3) is 0 Å². The van der Waals surface area contributed by atoms with Gasteiger partial charge in [-0.3, -0.25) is 0 Å². The number of halogens is 2. The number of likely N-dealkylation sites (tertiary alicyclic amines) is 1. The largest absolute Gasteiger partial charge is 0.444 e. The molecule has 1 N–H and O–H groups in total. The van der Waals surface area contributed by atoms with Crippen LogP contribution in [0.2, 0.25) is 5.02 Å². The SMILES string of the molecule is CC(C)(C)OC(=O)N1CC(O)(Cc2ccc(Cl)c(F)c2)C1. The molecule has 0 aromatic heterocycles. The highest BCUT2D eigenvalue weighted by Crippen LogP contribution is 2.28. The van der Waals surface area contributed by atoms with Crippen LogP contribution in [-0.2, 0) is 11.2 Å². The van der Waals surface area contributed by atoms with E-state index in [2.05, 4.69) is 0 Å². The predicted octanol–water partition coefficient (Wildman–Crippen LogP) is 3.00. The lowest BCUT2D eigenvalue weighted by Gasteiger charge is -2.46.